The Morgan fingerprint density at radius 1 is 0.654 bits per heavy atom. The van der Waals surface area contributed by atoms with E-state index in [0.717, 1.165) is 12.5 Å². The maximum Gasteiger partial charge on any atom is 0.315 e. The van der Waals surface area contributed by atoms with Crippen LogP contribution in [0.4, 0.5) is 0 Å². The van der Waals surface area contributed by atoms with Crippen molar-refractivity contribution in [3.05, 3.63) is 0 Å². The summed E-state index contributed by atoms with van der Waals surface area (Å²) in [6.07, 6.45) is 0.893. The van der Waals surface area contributed by atoms with E-state index < -0.39 is 33.8 Å². The number of hydrogen-bond donors (Lipinski definition) is 1. The second kappa shape index (κ2) is 13.8. The molecule has 0 aliphatic heterocycles. The first-order valence-corrected chi connectivity index (χ1v) is 20.6. The average Bonchev–Trinajstić information content (AvgIpc) is 2.20. The third-order valence-corrected chi connectivity index (χ3v) is 16.2. The molecule has 1 N–H and O–H groups in total. The van der Waals surface area contributed by atoms with Crippen LogP contribution in [0.5, 0.6) is 0 Å². The van der Waals surface area contributed by atoms with Gasteiger partial charge in [-0.15, -0.1) is 0 Å². The van der Waals surface area contributed by atoms with E-state index in [9.17, 15) is 0 Å². The maximum atomic E-state index is 8.77. The minimum absolute atomic E-state index is 0. The van der Waals surface area contributed by atoms with E-state index in [0.29, 0.717) is 13.2 Å². The van der Waals surface area contributed by atoms with Gasteiger partial charge in [0.2, 0.25) is 0 Å². The molecule has 0 amide bonds. The lowest BCUT2D eigenvalue weighted by molar-refractivity contribution is 0.0918. The van der Waals surface area contributed by atoms with Crippen molar-refractivity contribution in [2.45, 2.75) is 93.7 Å². The summed E-state index contributed by atoms with van der Waals surface area (Å²) in [6.45, 7) is 20.8. The van der Waals surface area contributed by atoms with Gasteiger partial charge in [-0.25, -0.2) is 0 Å². The first kappa shape index (κ1) is 34.2. The zero-order valence-corrected chi connectivity index (χ0v) is 20.6. The molecule has 5 nitrogen and oxygen atoms in total. The molecule has 0 fully saturated rings. The monoisotopic (exact) mass is 446 g/mol. The molecular weight excluding hydrogens is 397 g/mol. The second-order valence-electron chi connectivity index (χ2n) is 8.50. The lowest BCUT2D eigenvalue weighted by Crippen LogP contribution is -2.56. The molecule has 0 rings (SSSR count). The fourth-order valence-electron chi connectivity index (χ4n) is 2.71. The van der Waals surface area contributed by atoms with Gasteiger partial charge in [-0.1, -0.05) is 22.3 Å². The van der Waals surface area contributed by atoms with Crippen LogP contribution >= 0.6 is 0 Å². The minimum Gasteiger partial charge on any atom is -0.437 e. The van der Waals surface area contributed by atoms with Crippen LogP contribution in [0, 0.1) is 0 Å². The molecule has 0 bridgehead atoms. The van der Waals surface area contributed by atoms with Crippen LogP contribution in [0.3, 0.4) is 0 Å². The molecule has 0 radical (unpaired) electrons. The van der Waals surface area contributed by atoms with Crippen molar-refractivity contribution in [2.24, 2.45) is 0 Å². The van der Waals surface area contributed by atoms with Gasteiger partial charge in [0.25, 0.3) is 0 Å². The number of aliphatic hydroxyl groups excluding tert-OH is 1. The standard InChI is InChI=1S/C14H38O5Si4.3CH4/c1-20(2,3)17-22(7,8)19-23(9,18-21(4,5)6)14-10-12-16-13-11-15;;;/h15H,10-14H2,1-9H3;3*1H4. The number of rotatable bonds is 12. The quantitative estimate of drug-likeness (QED) is 0.304. The van der Waals surface area contributed by atoms with E-state index >= 15 is 0 Å². The molecule has 0 aromatic carbocycles. The summed E-state index contributed by atoms with van der Waals surface area (Å²) in [5.74, 6) is 0. The van der Waals surface area contributed by atoms with E-state index in [1.165, 1.54) is 0 Å². The van der Waals surface area contributed by atoms with Crippen LogP contribution < -0.4 is 0 Å². The van der Waals surface area contributed by atoms with Crippen LogP contribution in [0.1, 0.15) is 28.7 Å². The lowest BCUT2D eigenvalue weighted by atomic mass is 10.5. The molecule has 0 heterocycles. The first-order valence-electron chi connectivity index (χ1n) is 8.47. The summed E-state index contributed by atoms with van der Waals surface area (Å²) in [4.78, 5) is 0. The molecule has 1 atom stereocenters. The zero-order chi connectivity index (χ0) is 18.4. The normalized spacial score (nSPS) is 14.5. The fourth-order valence-corrected chi connectivity index (χ4v) is 20.6. The first-order chi connectivity index (χ1) is 10.2. The van der Waals surface area contributed by atoms with Crippen molar-refractivity contribution in [3.8, 4) is 0 Å². The molecule has 0 aromatic heterocycles. The van der Waals surface area contributed by atoms with Gasteiger partial charge in [0.1, 0.15) is 0 Å². The minimum atomic E-state index is -2.30. The lowest BCUT2D eigenvalue weighted by Gasteiger charge is -2.41. The van der Waals surface area contributed by atoms with Gasteiger partial charge in [0, 0.05) is 6.61 Å². The van der Waals surface area contributed by atoms with Crippen molar-refractivity contribution >= 4 is 33.8 Å². The summed E-state index contributed by atoms with van der Waals surface area (Å²) in [6, 6.07) is 0.897. The highest BCUT2D eigenvalue weighted by Crippen LogP contribution is 2.27. The van der Waals surface area contributed by atoms with Crippen LogP contribution in [0.15, 0.2) is 0 Å². The Bertz CT molecular complexity index is 343. The summed E-state index contributed by atoms with van der Waals surface area (Å²) in [5.41, 5.74) is 0. The number of aliphatic hydroxyl groups is 1. The largest absolute Gasteiger partial charge is 0.437 e. The molecule has 0 aliphatic carbocycles. The molecule has 164 valence electrons. The Balaban J connectivity index is -0.000000807. The van der Waals surface area contributed by atoms with E-state index in [2.05, 4.69) is 58.9 Å². The Kier molecular flexibility index (Phi) is 18.1. The van der Waals surface area contributed by atoms with Gasteiger partial charge in [-0.2, -0.15) is 0 Å². The van der Waals surface area contributed by atoms with E-state index in [4.69, 9.17) is 22.2 Å². The molecule has 9 heteroatoms. The van der Waals surface area contributed by atoms with Gasteiger partial charge in [0.05, 0.1) is 13.2 Å². The van der Waals surface area contributed by atoms with Crippen LogP contribution in [-0.2, 0) is 17.1 Å². The summed E-state index contributed by atoms with van der Waals surface area (Å²) in [7, 11) is -7.84. The highest BCUT2D eigenvalue weighted by Gasteiger charge is 2.44. The molecular formula is C17H50O5Si4. The Morgan fingerprint density at radius 2 is 1.12 bits per heavy atom. The fraction of sp³-hybridized carbons (Fsp3) is 1.00. The molecule has 1 unspecified atom stereocenters. The van der Waals surface area contributed by atoms with Gasteiger partial charge in [-0.05, 0) is 71.4 Å². The van der Waals surface area contributed by atoms with Crippen LogP contribution in [-0.4, -0.2) is 58.7 Å². The maximum absolute atomic E-state index is 8.77. The van der Waals surface area contributed by atoms with Gasteiger partial charge in [-0.3, -0.25) is 0 Å². The van der Waals surface area contributed by atoms with Crippen LogP contribution in [0.2, 0.25) is 65.0 Å². The van der Waals surface area contributed by atoms with Gasteiger partial charge >= 0.3 is 17.1 Å². The summed E-state index contributed by atoms with van der Waals surface area (Å²) < 4.78 is 24.8. The van der Waals surface area contributed by atoms with Crippen molar-refractivity contribution < 1.29 is 22.2 Å². The Hall–Kier alpha value is 0.668. The van der Waals surface area contributed by atoms with E-state index in [1.54, 1.807) is 0 Å². The molecule has 0 spiro atoms. The van der Waals surface area contributed by atoms with Gasteiger partial charge < -0.3 is 22.2 Å². The van der Waals surface area contributed by atoms with E-state index in [-0.39, 0.29) is 28.9 Å². The highest BCUT2D eigenvalue weighted by molar-refractivity contribution is 6.89. The average molecular weight is 447 g/mol. The topological polar surface area (TPSA) is 57.2 Å². The summed E-state index contributed by atoms with van der Waals surface area (Å²) in [5, 5.41) is 8.77. The van der Waals surface area contributed by atoms with Crippen molar-refractivity contribution in [2.75, 3.05) is 19.8 Å². The zero-order valence-electron chi connectivity index (χ0n) is 16.6. The van der Waals surface area contributed by atoms with Crippen molar-refractivity contribution in [3.63, 3.8) is 0 Å². The molecule has 0 aliphatic rings. The predicted octanol–water partition coefficient (Wildman–Crippen LogP) is 5.79. The van der Waals surface area contributed by atoms with Crippen LogP contribution in [0.25, 0.3) is 0 Å². The third-order valence-electron chi connectivity index (χ3n) is 2.69. The van der Waals surface area contributed by atoms with Crippen molar-refractivity contribution in [1.82, 2.24) is 0 Å². The number of hydrogen-bond acceptors (Lipinski definition) is 5. The smallest absolute Gasteiger partial charge is 0.315 e. The molecule has 0 saturated carbocycles. The second-order valence-corrected chi connectivity index (χ2v) is 25.0. The molecule has 0 aromatic rings. The van der Waals surface area contributed by atoms with Gasteiger partial charge in [0.15, 0.2) is 16.6 Å². The highest BCUT2D eigenvalue weighted by atomic mass is 28.5. The Morgan fingerprint density at radius 3 is 1.50 bits per heavy atom. The summed E-state index contributed by atoms with van der Waals surface area (Å²) >= 11 is 0. The van der Waals surface area contributed by atoms with E-state index in [1.807, 2.05) is 0 Å². The third kappa shape index (κ3) is 19.4. The van der Waals surface area contributed by atoms with Crippen molar-refractivity contribution in [1.29, 1.82) is 0 Å². The number of ether oxygens (including phenoxy) is 1. The molecule has 26 heavy (non-hydrogen) atoms. The SMILES string of the molecule is C.C.C.C[Si](C)(C)O[Si](C)(C)O[Si](C)(CCCOCCO)O[Si](C)(C)C. The Labute approximate surface area is 169 Å². The predicted molar refractivity (Wildman–Crippen MR) is 127 cm³/mol. The molecule has 0 saturated heterocycles.